The Morgan fingerprint density at radius 2 is 2.00 bits per heavy atom. The number of piperidine rings is 1. The number of nitrogens with one attached hydrogen (secondary N) is 1. The van der Waals surface area contributed by atoms with Gasteiger partial charge < -0.3 is 10.4 Å². The molecule has 2 N–H and O–H groups in total. The highest BCUT2D eigenvalue weighted by Gasteiger charge is 2.33. The van der Waals surface area contributed by atoms with Crippen LogP contribution in [0.2, 0.25) is 0 Å². The standard InChI is InChI=1S/C11H23NO/c1-8-9(7-13)5-10(6-12-8)11(2,3)4/h8-10,12-13H,5-7H2,1-4H3. The summed E-state index contributed by atoms with van der Waals surface area (Å²) in [7, 11) is 0. The van der Waals surface area contributed by atoms with E-state index in [9.17, 15) is 5.11 Å². The molecule has 1 aliphatic rings. The van der Waals surface area contributed by atoms with E-state index in [1.807, 2.05) is 0 Å². The highest BCUT2D eigenvalue weighted by molar-refractivity contribution is 4.87. The summed E-state index contributed by atoms with van der Waals surface area (Å²) in [4.78, 5) is 0. The van der Waals surface area contributed by atoms with Gasteiger partial charge in [0, 0.05) is 12.6 Å². The minimum absolute atomic E-state index is 0.320. The molecule has 0 aromatic rings. The maximum atomic E-state index is 9.20. The molecule has 3 unspecified atom stereocenters. The van der Waals surface area contributed by atoms with Crippen LogP contribution in [0.1, 0.15) is 34.1 Å². The van der Waals surface area contributed by atoms with E-state index in [0.717, 1.165) is 13.0 Å². The molecule has 0 radical (unpaired) electrons. The third-order valence-corrected chi connectivity index (χ3v) is 3.44. The van der Waals surface area contributed by atoms with Crippen molar-refractivity contribution in [2.24, 2.45) is 17.3 Å². The molecule has 1 aliphatic heterocycles. The average molecular weight is 185 g/mol. The summed E-state index contributed by atoms with van der Waals surface area (Å²) in [5.74, 6) is 1.14. The predicted molar refractivity (Wildman–Crippen MR) is 55.6 cm³/mol. The van der Waals surface area contributed by atoms with Crippen molar-refractivity contribution in [3.05, 3.63) is 0 Å². The quantitative estimate of drug-likeness (QED) is 0.651. The van der Waals surface area contributed by atoms with E-state index in [2.05, 4.69) is 33.0 Å². The number of hydrogen-bond donors (Lipinski definition) is 2. The van der Waals surface area contributed by atoms with Crippen LogP contribution >= 0.6 is 0 Å². The highest BCUT2D eigenvalue weighted by atomic mass is 16.3. The van der Waals surface area contributed by atoms with Gasteiger partial charge in [0.2, 0.25) is 0 Å². The van der Waals surface area contributed by atoms with Gasteiger partial charge in [-0.15, -0.1) is 0 Å². The zero-order chi connectivity index (χ0) is 10.1. The lowest BCUT2D eigenvalue weighted by molar-refractivity contribution is 0.0892. The lowest BCUT2D eigenvalue weighted by Gasteiger charge is -2.40. The summed E-state index contributed by atoms with van der Waals surface area (Å²) in [6.45, 7) is 10.4. The van der Waals surface area contributed by atoms with Crippen LogP contribution < -0.4 is 5.32 Å². The molecule has 0 amide bonds. The Balaban J connectivity index is 2.55. The number of hydrogen-bond acceptors (Lipinski definition) is 2. The van der Waals surface area contributed by atoms with Gasteiger partial charge in [0.15, 0.2) is 0 Å². The predicted octanol–water partition coefficient (Wildman–Crippen LogP) is 1.64. The lowest BCUT2D eigenvalue weighted by Crippen LogP contribution is -2.48. The number of rotatable bonds is 1. The molecule has 13 heavy (non-hydrogen) atoms. The fourth-order valence-corrected chi connectivity index (χ4v) is 2.04. The first-order chi connectivity index (χ1) is 5.95. The van der Waals surface area contributed by atoms with Gasteiger partial charge in [-0.2, -0.15) is 0 Å². The zero-order valence-corrected chi connectivity index (χ0v) is 9.30. The largest absolute Gasteiger partial charge is 0.396 e. The Hall–Kier alpha value is -0.0800. The molecule has 2 nitrogen and oxygen atoms in total. The van der Waals surface area contributed by atoms with Crippen LogP contribution in [0, 0.1) is 17.3 Å². The normalized spacial score (nSPS) is 36.2. The smallest absolute Gasteiger partial charge is 0.0474 e. The van der Waals surface area contributed by atoms with Crippen LogP contribution in [0.15, 0.2) is 0 Å². The summed E-state index contributed by atoms with van der Waals surface area (Å²) in [5.41, 5.74) is 0.362. The molecule has 3 atom stereocenters. The number of aliphatic hydroxyl groups is 1. The van der Waals surface area contributed by atoms with Crippen molar-refractivity contribution < 1.29 is 5.11 Å². The molecule has 0 aromatic carbocycles. The molecule has 1 heterocycles. The Labute approximate surface area is 81.7 Å². The zero-order valence-electron chi connectivity index (χ0n) is 9.30. The topological polar surface area (TPSA) is 32.3 Å². The van der Waals surface area contributed by atoms with Gasteiger partial charge in [-0.3, -0.25) is 0 Å². The van der Waals surface area contributed by atoms with Gasteiger partial charge in [-0.05, 0) is 37.1 Å². The minimum atomic E-state index is 0.320. The Kier molecular flexibility index (Phi) is 3.36. The summed E-state index contributed by atoms with van der Waals surface area (Å²) in [6.07, 6.45) is 1.16. The van der Waals surface area contributed by atoms with E-state index in [0.29, 0.717) is 29.9 Å². The molecule has 78 valence electrons. The fraction of sp³-hybridized carbons (Fsp3) is 1.00. The maximum Gasteiger partial charge on any atom is 0.0474 e. The average Bonchev–Trinajstić information content (AvgIpc) is 2.03. The van der Waals surface area contributed by atoms with Crippen LogP contribution in [0.5, 0.6) is 0 Å². The second-order valence-electron chi connectivity index (χ2n) is 5.44. The van der Waals surface area contributed by atoms with Gasteiger partial charge in [0.25, 0.3) is 0 Å². The third-order valence-electron chi connectivity index (χ3n) is 3.44. The van der Waals surface area contributed by atoms with Crippen molar-refractivity contribution in [2.45, 2.75) is 40.2 Å². The molecule has 2 heteroatoms. The third kappa shape index (κ3) is 2.68. The fourth-order valence-electron chi connectivity index (χ4n) is 2.04. The van der Waals surface area contributed by atoms with Crippen molar-refractivity contribution in [2.75, 3.05) is 13.2 Å². The van der Waals surface area contributed by atoms with Crippen molar-refractivity contribution in [1.29, 1.82) is 0 Å². The second kappa shape index (κ2) is 3.97. The lowest BCUT2D eigenvalue weighted by atomic mass is 9.72. The van der Waals surface area contributed by atoms with E-state index in [1.165, 1.54) is 0 Å². The van der Waals surface area contributed by atoms with Gasteiger partial charge >= 0.3 is 0 Å². The van der Waals surface area contributed by atoms with Crippen LogP contribution in [-0.4, -0.2) is 24.3 Å². The monoisotopic (exact) mass is 185 g/mol. The van der Waals surface area contributed by atoms with Crippen LogP contribution in [-0.2, 0) is 0 Å². The van der Waals surface area contributed by atoms with Crippen molar-refractivity contribution in [1.82, 2.24) is 5.32 Å². The van der Waals surface area contributed by atoms with Gasteiger partial charge in [0.1, 0.15) is 0 Å². The van der Waals surface area contributed by atoms with E-state index < -0.39 is 0 Å². The van der Waals surface area contributed by atoms with Gasteiger partial charge in [0.05, 0.1) is 0 Å². The van der Waals surface area contributed by atoms with Crippen LogP contribution in [0.4, 0.5) is 0 Å². The van der Waals surface area contributed by atoms with E-state index in [4.69, 9.17) is 0 Å². The Bertz CT molecular complexity index is 162. The maximum absolute atomic E-state index is 9.20. The molecule has 0 saturated carbocycles. The van der Waals surface area contributed by atoms with Gasteiger partial charge in [-0.1, -0.05) is 20.8 Å². The van der Waals surface area contributed by atoms with E-state index in [1.54, 1.807) is 0 Å². The molecule has 0 aromatic heterocycles. The van der Waals surface area contributed by atoms with E-state index >= 15 is 0 Å². The summed E-state index contributed by atoms with van der Waals surface area (Å²) in [5, 5.41) is 12.7. The summed E-state index contributed by atoms with van der Waals surface area (Å²) < 4.78 is 0. The van der Waals surface area contributed by atoms with E-state index in [-0.39, 0.29) is 0 Å². The van der Waals surface area contributed by atoms with Crippen molar-refractivity contribution >= 4 is 0 Å². The van der Waals surface area contributed by atoms with Crippen molar-refractivity contribution in [3.63, 3.8) is 0 Å². The minimum Gasteiger partial charge on any atom is -0.396 e. The first kappa shape index (κ1) is 11.0. The van der Waals surface area contributed by atoms with Gasteiger partial charge in [-0.25, -0.2) is 0 Å². The first-order valence-electron chi connectivity index (χ1n) is 5.29. The van der Waals surface area contributed by atoms with Crippen LogP contribution in [0.3, 0.4) is 0 Å². The molecule has 1 fully saturated rings. The second-order valence-corrected chi connectivity index (χ2v) is 5.44. The number of aliphatic hydroxyl groups excluding tert-OH is 1. The SMILES string of the molecule is CC1NCC(C(C)(C)C)CC1CO. The molecule has 1 saturated heterocycles. The molecule has 0 aliphatic carbocycles. The molecule has 0 bridgehead atoms. The Morgan fingerprint density at radius 1 is 1.38 bits per heavy atom. The molecule has 1 rings (SSSR count). The molecule has 0 spiro atoms. The van der Waals surface area contributed by atoms with Crippen LogP contribution in [0.25, 0.3) is 0 Å². The highest BCUT2D eigenvalue weighted by Crippen LogP contribution is 2.34. The summed E-state index contributed by atoms with van der Waals surface area (Å²) in [6, 6.07) is 0.476. The Morgan fingerprint density at radius 3 is 2.46 bits per heavy atom. The van der Waals surface area contributed by atoms with Crippen molar-refractivity contribution in [3.8, 4) is 0 Å². The summed E-state index contributed by atoms with van der Waals surface area (Å²) >= 11 is 0. The molecular weight excluding hydrogens is 162 g/mol. The first-order valence-corrected chi connectivity index (χ1v) is 5.29. The molecular formula is C11H23NO.